The van der Waals surface area contributed by atoms with E-state index in [-0.39, 0.29) is 24.1 Å². The van der Waals surface area contributed by atoms with Gasteiger partial charge in [0.05, 0.1) is 17.0 Å². The molecule has 1 saturated heterocycles. The topological polar surface area (TPSA) is 18.5 Å². The van der Waals surface area contributed by atoms with Gasteiger partial charge >= 0.3 is 7.12 Å². The molecular weight excluding hydrogens is 223 g/mol. The number of terminal acetylenes is 1. The highest BCUT2D eigenvalue weighted by molar-refractivity contribution is 6.49. The van der Waals surface area contributed by atoms with E-state index in [0.29, 0.717) is 0 Å². The molecule has 0 aliphatic carbocycles. The molecule has 0 aromatic carbocycles. The van der Waals surface area contributed by atoms with E-state index in [1.54, 1.807) is 0 Å². The Hall–Kier alpha value is -0.715. The van der Waals surface area contributed by atoms with E-state index in [1.807, 2.05) is 6.08 Å². The summed E-state index contributed by atoms with van der Waals surface area (Å²) in [6, 6.07) is 0. The van der Waals surface area contributed by atoms with Gasteiger partial charge in [-0.15, -0.1) is 12.3 Å². The zero-order valence-electron chi connectivity index (χ0n) is 12.3. The summed E-state index contributed by atoms with van der Waals surface area (Å²) in [5.74, 6) is 2.66. The maximum atomic E-state index is 6.08. The Kier molecular flexibility index (Phi) is 5.07. The summed E-state index contributed by atoms with van der Waals surface area (Å²) in [5.41, 5.74) is -0.578. The van der Waals surface area contributed by atoms with Crippen molar-refractivity contribution in [1.29, 1.82) is 0 Å². The van der Waals surface area contributed by atoms with Crippen LogP contribution in [0.3, 0.4) is 0 Å². The van der Waals surface area contributed by atoms with Gasteiger partial charge in [-0.25, -0.2) is 0 Å². The van der Waals surface area contributed by atoms with Crippen molar-refractivity contribution >= 4 is 7.12 Å². The Morgan fingerprint density at radius 3 is 2.39 bits per heavy atom. The van der Waals surface area contributed by atoms with Crippen LogP contribution in [0.1, 0.15) is 53.9 Å². The molecule has 1 aliphatic rings. The van der Waals surface area contributed by atoms with Gasteiger partial charge in [-0.2, -0.15) is 0 Å². The summed E-state index contributed by atoms with van der Waals surface area (Å²) < 4.78 is 12.1. The van der Waals surface area contributed by atoms with Crippen molar-refractivity contribution < 1.29 is 9.31 Å². The SMILES string of the molecule is C#CC(/C=C\CCC)B1OC(C)(C)C(C)(CC)O1. The molecule has 0 N–H and O–H groups in total. The molecule has 0 aromatic rings. The highest BCUT2D eigenvalue weighted by Gasteiger charge is 2.54. The number of unbranched alkanes of at least 4 members (excludes halogenated alkanes) is 1. The van der Waals surface area contributed by atoms with Crippen molar-refractivity contribution in [3.05, 3.63) is 12.2 Å². The van der Waals surface area contributed by atoms with Crippen LogP contribution in [0.5, 0.6) is 0 Å². The molecule has 1 aliphatic heterocycles. The van der Waals surface area contributed by atoms with Gasteiger partial charge in [-0.1, -0.05) is 32.4 Å². The molecule has 0 spiro atoms. The third-order valence-electron chi connectivity index (χ3n) is 4.02. The fourth-order valence-electron chi connectivity index (χ4n) is 2.13. The lowest BCUT2D eigenvalue weighted by atomic mass is 9.72. The first-order valence-corrected chi connectivity index (χ1v) is 6.88. The number of hydrogen-bond donors (Lipinski definition) is 0. The number of hydrogen-bond acceptors (Lipinski definition) is 2. The molecule has 2 unspecified atom stereocenters. The van der Waals surface area contributed by atoms with Gasteiger partial charge in [0, 0.05) is 0 Å². The van der Waals surface area contributed by atoms with E-state index < -0.39 is 0 Å². The molecule has 2 atom stereocenters. The lowest BCUT2D eigenvalue weighted by molar-refractivity contribution is -0.0118. The lowest BCUT2D eigenvalue weighted by Crippen LogP contribution is -2.44. The minimum absolute atomic E-state index is 0.107. The smallest absolute Gasteiger partial charge is 0.402 e. The first-order chi connectivity index (χ1) is 8.40. The first-order valence-electron chi connectivity index (χ1n) is 6.88. The van der Waals surface area contributed by atoms with E-state index >= 15 is 0 Å². The maximum absolute atomic E-state index is 6.08. The molecule has 0 radical (unpaired) electrons. The molecule has 0 saturated carbocycles. The van der Waals surface area contributed by atoms with Crippen molar-refractivity contribution in [1.82, 2.24) is 0 Å². The highest BCUT2D eigenvalue weighted by Crippen LogP contribution is 2.42. The van der Waals surface area contributed by atoms with Gasteiger partial charge < -0.3 is 9.31 Å². The standard InChI is InChI=1S/C15H25BO2/c1-7-10-11-12-13(8-2)16-17-14(4,5)15(6,9-3)18-16/h2,11-13H,7,9-10H2,1,3-6H3/b12-11-. The molecule has 2 nitrogen and oxygen atoms in total. The van der Waals surface area contributed by atoms with Crippen molar-refractivity contribution in [2.45, 2.75) is 70.9 Å². The minimum atomic E-state index is -0.331. The maximum Gasteiger partial charge on any atom is 0.478 e. The summed E-state index contributed by atoms with van der Waals surface area (Å²) >= 11 is 0. The second kappa shape index (κ2) is 5.95. The van der Waals surface area contributed by atoms with Crippen molar-refractivity contribution in [3.63, 3.8) is 0 Å². The summed E-state index contributed by atoms with van der Waals surface area (Å²) in [5, 5.41) is 0. The van der Waals surface area contributed by atoms with Crippen molar-refractivity contribution in [2.75, 3.05) is 0 Å². The van der Waals surface area contributed by atoms with E-state index in [4.69, 9.17) is 15.7 Å². The van der Waals surface area contributed by atoms with Crippen LogP contribution >= 0.6 is 0 Å². The summed E-state index contributed by atoms with van der Waals surface area (Å²) in [6.45, 7) is 10.5. The van der Waals surface area contributed by atoms with Gasteiger partial charge in [-0.3, -0.25) is 0 Å². The second-order valence-electron chi connectivity index (χ2n) is 5.61. The third kappa shape index (κ3) is 2.99. The minimum Gasteiger partial charge on any atom is -0.402 e. The molecule has 0 aromatic heterocycles. The van der Waals surface area contributed by atoms with Gasteiger partial charge in [-0.05, 0) is 33.6 Å². The van der Waals surface area contributed by atoms with Crippen LogP contribution < -0.4 is 0 Å². The van der Waals surface area contributed by atoms with E-state index in [0.717, 1.165) is 19.3 Å². The molecule has 1 heterocycles. The molecule has 18 heavy (non-hydrogen) atoms. The van der Waals surface area contributed by atoms with Crippen LogP contribution in [0.2, 0.25) is 5.82 Å². The average molecular weight is 248 g/mol. The Bertz CT molecular complexity index is 343. The van der Waals surface area contributed by atoms with Crippen LogP contribution in [-0.2, 0) is 9.31 Å². The average Bonchev–Trinajstić information content (AvgIpc) is 2.56. The Morgan fingerprint density at radius 1 is 1.28 bits per heavy atom. The summed E-state index contributed by atoms with van der Waals surface area (Å²) in [7, 11) is -0.331. The first kappa shape index (κ1) is 15.3. The van der Waals surface area contributed by atoms with Gasteiger partial charge in [0.25, 0.3) is 0 Å². The van der Waals surface area contributed by atoms with Gasteiger partial charge in [0.1, 0.15) is 0 Å². The molecular formula is C15H25BO2. The monoisotopic (exact) mass is 248 g/mol. The van der Waals surface area contributed by atoms with Crippen molar-refractivity contribution in [2.24, 2.45) is 0 Å². The normalized spacial score (nSPS) is 28.6. The zero-order chi connectivity index (χ0) is 13.8. The summed E-state index contributed by atoms with van der Waals surface area (Å²) in [6.07, 6.45) is 12.8. The van der Waals surface area contributed by atoms with Gasteiger partial charge in [0.15, 0.2) is 0 Å². The number of rotatable bonds is 5. The second-order valence-corrected chi connectivity index (χ2v) is 5.61. The largest absolute Gasteiger partial charge is 0.478 e. The molecule has 0 bridgehead atoms. The molecule has 100 valence electrons. The molecule has 0 amide bonds. The Morgan fingerprint density at radius 2 is 1.94 bits per heavy atom. The fourth-order valence-corrected chi connectivity index (χ4v) is 2.13. The van der Waals surface area contributed by atoms with Gasteiger partial charge in [0.2, 0.25) is 0 Å². The quantitative estimate of drug-likeness (QED) is 0.418. The summed E-state index contributed by atoms with van der Waals surface area (Å²) in [4.78, 5) is 0. The fraction of sp³-hybridized carbons (Fsp3) is 0.733. The van der Waals surface area contributed by atoms with E-state index in [9.17, 15) is 0 Å². The Labute approximate surface area is 112 Å². The molecule has 1 fully saturated rings. The van der Waals surface area contributed by atoms with E-state index in [2.05, 4.69) is 46.6 Å². The predicted octanol–water partition coefficient (Wildman–Crippen LogP) is 3.83. The zero-order valence-corrected chi connectivity index (χ0v) is 12.3. The van der Waals surface area contributed by atoms with Crippen LogP contribution in [0, 0.1) is 12.3 Å². The number of allylic oxidation sites excluding steroid dienone is 2. The van der Waals surface area contributed by atoms with Crippen LogP contribution in [0.15, 0.2) is 12.2 Å². The lowest BCUT2D eigenvalue weighted by Gasteiger charge is -2.35. The highest BCUT2D eigenvalue weighted by atomic mass is 16.7. The Balaban J connectivity index is 2.78. The molecule has 1 rings (SSSR count). The third-order valence-corrected chi connectivity index (χ3v) is 4.02. The molecule has 3 heteroatoms. The van der Waals surface area contributed by atoms with Crippen LogP contribution in [0.25, 0.3) is 0 Å². The van der Waals surface area contributed by atoms with Crippen LogP contribution in [0.4, 0.5) is 0 Å². The van der Waals surface area contributed by atoms with Crippen molar-refractivity contribution in [3.8, 4) is 12.3 Å². The van der Waals surface area contributed by atoms with Crippen LogP contribution in [-0.4, -0.2) is 18.3 Å². The predicted molar refractivity (Wildman–Crippen MR) is 77.3 cm³/mol. The van der Waals surface area contributed by atoms with E-state index in [1.165, 1.54) is 0 Å².